The molecule has 1 aliphatic rings. The van der Waals surface area contributed by atoms with Crippen LogP contribution < -0.4 is 0 Å². The normalized spacial score (nSPS) is 19.0. The van der Waals surface area contributed by atoms with Gasteiger partial charge in [-0.2, -0.15) is 0 Å². The summed E-state index contributed by atoms with van der Waals surface area (Å²) in [6.45, 7) is 2.15. The van der Waals surface area contributed by atoms with Crippen LogP contribution in [0.1, 0.15) is 36.5 Å². The Morgan fingerprint density at radius 1 is 1.15 bits per heavy atom. The van der Waals surface area contributed by atoms with Crippen molar-refractivity contribution >= 4 is 18.0 Å². The number of allylic oxidation sites excluding steroid dienone is 1. The summed E-state index contributed by atoms with van der Waals surface area (Å²) in [6, 6.07) is 17.3. The third-order valence-corrected chi connectivity index (χ3v) is 4.60. The highest BCUT2D eigenvalue weighted by atomic mass is 16.6. The first-order chi connectivity index (χ1) is 12.7. The van der Waals surface area contributed by atoms with Crippen LogP contribution >= 0.6 is 0 Å². The number of fused-ring (bicyclic) bond motifs is 1. The molecule has 0 N–H and O–H groups in total. The molecule has 1 heterocycles. The van der Waals surface area contributed by atoms with E-state index in [-0.39, 0.29) is 13.2 Å². The summed E-state index contributed by atoms with van der Waals surface area (Å²) in [7, 11) is 0. The van der Waals surface area contributed by atoms with Crippen LogP contribution in [-0.2, 0) is 31.1 Å². The molecule has 4 heteroatoms. The highest BCUT2D eigenvalue weighted by Gasteiger charge is 2.53. The number of hydrogen-bond acceptors (Lipinski definition) is 4. The smallest absolute Gasteiger partial charge is 0.328 e. The van der Waals surface area contributed by atoms with Gasteiger partial charge < -0.3 is 9.47 Å². The minimum Gasteiger partial charge on any atom is -0.465 e. The van der Waals surface area contributed by atoms with E-state index in [0.29, 0.717) is 18.4 Å². The fraction of sp³-hybridized carbons (Fsp3) is 0.273. The van der Waals surface area contributed by atoms with Crippen LogP contribution in [0.5, 0.6) is 0 Å². The lowest BCUT2D eigenvalue weighted by Crippen LogP contribution is -2.49. The Morgan fingerprint density at radius 2 is 1.88 bits per heavy atom. The van der Waals surface area contributed by atoms with Gasteiger partial charge in [-0.25, -0.2) is 0 Å². The quantitative estimate of drug-likeness (QED) is 0.583. The van der Waals surface area contributed by atoms with Gasteiger partial charge in [0.25, 0.3) is 0 Å². The topological polar surface area (TPSA) is 52.6 Å². The molecule has 0 aliphatic carbocycles. The van der Waals surface area contributed by atoms with Crippen LogP contribution in [0.2, 0.25) is 0 Å². The lowest BCUT2D eigenvalue weighted by atomic mass is 9.73. The second kappa shape index (κ2) is 8.00. The largest absolute Gasteiger partial charge is 0.465 e. The summed E-state index contributed by atoms with van der Waals surface area (Å²) in [5, 5.41) is 0. The average Bonchev–Trinajstić information content (AvgIpc) is 2.67. The highest BCUT2D eigenvalue weighted by Crippen LogP contribution is 2.39. The van der Waals surface area contributed by atoms with Crippen molar-refractivity contribution in [2.45, 2.75) is 31.8 Å². The lowest BCUT2D eigenvalue weighted by molar-refractivity contribution is -0.168. The molecular formula is C22H22O4. The van der Waals surface area contributed by atoms with Gasteiger partial charge in [0.2, 0.25) is 0 Å². The van der Waals surface area contributed by atoms with Gasteiger partial charge in [0.1, 0.15) is 6.61 Å². The molecular weight excluding hydrogens is 328 g/mol. The molecule has 2 aromatic carbocycles. The Hall–Kier alpha value is -2.88. The number of ether oxygens (including phenoxy) is 2. The van der Waals surface area contributed by atoms with Crippen molar-refractivity contribution in [2.24, 2.45) is 0 Å². The molecule has 0 radical (unpaired) electrons. The number of esters is 2. The van der Waals surface area contributed by atoms with Crippen molar-refractivity contribution in [1.82, 2.24) is 0 Å². The van der Waals surface area contributed by atoms with E-state index in [1.54, 1.807) is 6.92 Å². The standard InChI is InChI=1S/C22H22O4/c1-2-25-20(23)22(15-9-8-12-17-10-4-3-5-11-17)19-14-7-6-13-18(19)16-26-21(22)24/h3-8,10-14H,2,9,15-16H2,1H3/b12-8+. The molecule has 1 unspecified atom stereocenters. The molecule has 0 spiro atoms. The SMILES string of the molecule is CCOC(=O)C1(CC/C=C/c2ccccc2)C(=O)OCc2ccccc21. The van der Waals surface area contributed by atoms with Crippen LogP contribution in [0.25, 0.3) is 6.08 Å². The van der Waals surface area contributed by atoms with Gasteiger partial charge >= 0.3 is 11.9 Å². The predicted molar refractivity (Wildman–Crippen MR) is 99.3 cm³/mol. The van der Waals surface area contributed by atoms with E-state index in [1.807, 2.05) is 66.7 Å². The third-order valence-electron chi connectivity index (χ3n) is 4.60. The summed E-state index contributed by atoms with van der Waals surface area (Å²) >= 11 is 0. The zero-order valence-electron chi connectivity index (χ0n) is 14.8. The second-order valence-corrected chi connectivity index (χ2v) is 6.21. The van der Waals surface area contributed by atoms with Crippen molar-refractivity contribution < 1.29 is 19.1 Å². The van der Waals surface area contributed by atoms with Crippen molar-refractivity contribution in [2.75, 3.05) is 6.61 Å². The number of rotatable bonds is 6. The zero-order chi connectivity index (χ0) is 18.4. The number of carbonyl (C=O) groups excluding carboxylic acids is 2. The fourth-order valence-electron chi connectivity index (χ4n) is 3.31. The van der Waals surface area contributed by atoms with E-state index in [0.717, 1.165) is 11.1 Å². The van der Waals surface area contributed by atoms with E-state index in [2.05, 4.69) is 0 Å². The molecule has 1 aliphatic heterocycles. The Kier molecular flexibility index (Phi) is 5.52. The van der Waals surface area contributed by atoms with Crippen LogP contribution in [0.4, 0.5) is 0 Å². The maximum Gasteiger partial charge on any atom is 0.328 e. The number of hydrogen-bond donors (Lipinski definition) is 0. The molecule has 1 atom stereocenters. The maximum absolute atomic E-state index is 12.8. The molecule has 0 saturated heterocycles. The Morgan fingerprint density at radius 3 is 2.65 bits per heavy atom. The lowest BCUT2D eigenvalue weighted by Gasteiger charge is -2.34. The third kappa shape index (κ3) is 3.40. The summed E-state index contributed by atoms with van der Waals surface area (Å²) in [6.07, 6.45) is 4.82. The second-order valence-electron chi connectivity index (χ2n) is 6.21. The van der Waals surface area contributed by atoms with Gasteiger partial charge in [0, 0.05) is 0 Å². The van der Waals surface area contributed by atoms with E-state index in [1.165, 1.54) is 0 Å². The number of benzene rings is 2. The first kappa shape index (κ1) is 17.9. The van der Waals surface area contributed by atoms with Crippen LogP contribution in [0.15, 0.2) is 60.7 Å². The summed E-state index contributed by atoms with van der Waals surface area (Å²) in [5.41, 5.74) is 1.23. The Balaban J connectivity index is 1.89. The molecule has 0 fully saturated rings. The molecule has 0 bridgehead atoms. The van der Waals surface area contributed by atoms with Gasteiger partial charge in [0.15, 0.2) is 5.41 Å². The van der Waals surface area contributed by atoms with Gasteiger partial charge in [-0.05, 0) is 36.5 Å². The van der Waals surface area contributed by atoms with Crippen molar-refractivity contribution in [1.29, 1.82) is 0 Å². The molecule has 3 rings (SSSR count). The molecule has 26 heavy (non-hydrogen) atoms. The summed E-state index contributed by atoms with van der Waals surface area (Å²) in [5.74, 6) is -1.06. The zero-order valence-corrected chi connectivity index (χ0v) is 14.8. The van der Waals surface area contributed by atoms with Crippen LogP contribution in [0.3, 0.4) is 0 Å². The van der Waals surface area contributed by atoms with Crippen LogP contribution in [-0.4, -0.2) is 18.5 Å². The van der Waals surface area contributed by atoms with Gasteiger partial charge in [-0.15, -0.1) is 0 Å². The monoisotopic (exact) mass is 350 g/mol. The van der Waals surface area contributed by atoms with Gasteiger partial charge in [-0.1, -0.05) is 66.7 Å². The van der Waals surface area contributed by atoms with Gasteiger partial charge in [0.05, 0.1) is 6.61 Å². The number of carbonyl (C=O) groups is 2. The first-order valence-electron chi connectivity index (χ1n) is 8.83. The molecule has 4 nitrogen and oxygen atoms in total. The average molecular weight is 350 g/mol. The number of cyclic esters (lactones) is 1. The first-order valence-corrected chi connectivity index (χ1v) is 8.83. The summed E-state index contributed by atoms with van der Waals surface area (Å²) < 4.78 is 10.6. The van der Waals surface area contributed by atoms with Gasteiger partial charge in [-0.3, -0.25) is 9.59 Å². The van der Waals surface area contributed by atoms with Crippen molar-refractivity contribution in [3.8, 4) is 0 Å². The Labute approximate surface area is 153 Å². The van der Waals surface area contributed by atoms with E-state index < -0.39 is 17.4 Å². The predicted octanol–water partition coefficient (Wildman–Crippen LogP) is 4.04. The van der Waals surface area contributed by atoms with Crippen molar-refractivity contribution in [3.05, 3.63) is 77.4 Å². The van der Waals surface area contributed by atoms with E-state index >= 15 is 0 Å². The molecule has 0 amide bonds. The maximum atomic E-state index is 12.8. The minimum atomic E-state index is -1.40. The van der Waals surface area contributed by atoms with Crippen molar-refractivity contribution in [3.63, 3.8) is 0 Å². The minimum absolute atomic E-state index is 0.190. The Bertz CT molecular complexity index is 810. The molecule has 0 saturated carbocycles. The highest BCUT2D eigenvalue weighted by molar-refractivity contribution is 6.07. The fourth-order valence-corrected chi connectivity index (χ4v) is 3.31. The molecule has 0 aromatic heterocycles. The van der Waals surface area contributed by atoms with Crippen LogP contribution in [0, 0.1) is 0 Å². The van der Waals surface area contributed by atoms with E-state index in [4.69, 9.17) is 9.47 Å². The molecule has 134 valence electrons. The van der Waals surface area contributed by atoms with E-state index in [9.17, 15) is 9.59 Å². The summed E-state index contributed by atoms with van der Waals surface area (Å²) in [4.78, 5) is 25.5. The molecule has 2 aromatic rings.